The lowest BCUT2D eigenvalue weighted by atomic mass is 9.79. The number of rotatable bonds is 9. The zero-order chi connectivity index (χ0) is 27.3. The van der Waals surface area contributed by atoms with Gasteiger partial charge in [0.05, 0.1) is 46.7 Å². The maximum Gasteiger partial charge on any atom is 0.336 e. The minimum absolute atomic E-state index is 0.0116. The number of nitrogens with zero attached hydrogens (tertiary/aromatic N) is 3. The molecule has 1 aliphatic heterocycles. The van der Waals surface area contributed by atoms with Gasteiger partial charge in [0.1, 0.15) is 0 Å². The van der Waals surface area contributed by atoms with Crippen molar-refractivity contribution in [1.82, 2.24) is 4.90 Å². The van der Waals surface area contributed by atoms with Gasteiger partial charge in [-0.3, -0.25) is 20.2 Å². The minimum Gasteiger partial charge on any atom is -0.463 e. The predicted octanol–water partition coefficient (Wildman–Crippen LogP) is 4.78. The number of hydrogen-bond acceptors (Lipinski definition) is 9. The molecule has 2 aromatic carbocycles. The number of esters is 2. The van der Waals surface area contributed by atoms with E-state index < -0.39 is 27.7 Å². The first-order valence-corrected chi connectivity index (χ1v) is 11.6. The summed E-state index contributed by atoms with van der Waals surface area (Å²) in [6.45, 7) is 6.67. The molecule has 0 spiro atoms. The summed E-state index contributed by atoms with van der Waals surface area (Å²) in [7, 11) is 0. The van der Waals surface area contributed by atoms with Gasteiger partial charge in [-0.1, -0.05) is 30.3 Å². The zero-order valence-corrected chi connectivity index (χ0v) is 20.9. The Morgan fingerprint density at radius 1 is 0.865 bits per heavy atom. The molecule has 2 aromatic rings. The maximum absolute atomic E-state index is 13.3. The number of ether oxygens (including phenoxy) is 2. The Balaban J connectivity index is 2.30. The molecule has 194 valence electrons. The van der Waals surface area contributed by atoms with Crippen LogP contribution in [0, 0.1) is 20.2 Å². The molecule has 0 radical (unpaired) electrons. The molecule has 0 aromatic heterocycles. The van der Waals surface area contributed by atoms with Crippen LogP contribution in [-0.2, 0) is 25.6 Å². The van der Waals surface area contributed by atoms with E-state index in [2.05, 4.69) is 0 Å². The van der Waals surface area contributed by atoms with Gasteiger partial charge in [0, 0.05) is 35.2 Å². The van der Waals surface area contributed by atoms with Crippen molar-refractivity contribution in [2.45, 2.75) is 40.2 Å². The van der Waals surface area contributed by atoms with Gasteiger partial charge in [-0.05, 0) is 33.3 Å². The second-order valence-electron chi connectivity index (χ2n) is 8.20. The summed E-state index contributed by atoms with van der Waals surface area (Å²) in [4.78, 5) is 50.3. The smallest absolute Gasteiger partial charge is 0.336 e. The summed E-state index contributed by atoms with van der Waals surface area (Å²) in [5, 5.41) is 23.1. The van der Waals surface area contributed by atoms with Crippen LogP contribution in [0.2, 0.25) is 0 Å². The number of nitro groups is 2. The summed E-state index contributed by atoms with van der Waals surface area (Å²) >= 11 is 0. The van der Waals surface area contributed by atoms with Crippen molar-refractivity contribution in [2.75, 3.05) is 13.2 Å². The molecule has 0 N–H and O–H groups in total. The quantitative estimate of drug-likeness (QED) is 0.265. The third-order valence-electron chi connectivity index (χ3n) is 6.09. The second kappa shape index (κ2) is 11.5. The Hall–Kier alpha value is -4.54. The second-order valence-corrected chi connectivity index (χ2v) is 8.20. The molecule has 0 amide bonds. The summed E-state index contributed by atoms with van der Waals surface area (Å²) in [5.41, 5.74) is 1.37. The molecule has 0 atom stereocenters. The molecule has 11 nitrogen and oxygen atoms in total. The first kappa shape index (κ1) is 27.1. The SMILES string of the molecule is CCOC(=O)C1=C(C)N(Cc2ccccc2[N+](=O)[O-])C(C)=C(C(=O)OCC)C1c1cccc([N+](=O)[O-])c1. The van der Waals surface area contributed by atoms with Gasteiger partial charge in [0.2, 0.25) is 0 Å². The van der Waals surface area contributed by atoms with Crippen molar-refractivity contribution in [3.63, 3.8) is 0 Å². The Labute approximate surface area is 213 Å². The monoisotopic (exact) mass is 509 g/mol. The van der Waals surface area contributed by atoms with Gasteiger partial charge in [0.15, 0.2) is 0 Å². The fourth-order valence-electron chi connectivity index (χ4n) is 4.43. The first-order chi connectivity index (χ1) is 17.6. The Kier molecular flexibility index (Phi) is 8.38. The fraction of sp³-hybridized carbons (Fsp3) is 0.308. The topological polar surface area (TPSA) is 142 Å². The molecule has 0 unspecified atom stereocenters. The van der Waals surface area contributed by atoms with E-state index in [0.717, 1.165) is 0 Å². The molecule has 1 aliphatic rings. The van der Waals surface area contributed by atoms with Crippen LogP contribution in [0.5, 0.6) is 0 Å². The number of carbonyl (C=O) groups excluding carboxylic acids is 2. The molecule has 37 heavy (non-hydrogen) atoms. The van der Waals surface area contributed by atoms with Gasteiger partial charge in [0.25, 0.3) is 11.4 Å². The Morgan fingerprint density at radius 3 is 1.95 bits per heavy atom. The highest BCUT2D eigenvalue weighted by Gasteiger charge is 2.41. The zero-order valence-electron chi connectivity index (χ0n) is 20.9. The van der Waals surface area contributed by atoms with Crippen LogP contribution in [-0.4, -0.2) is 39.9 Å². The van der Waals surface area contributed by atoms with Crippen LogP contribution >= 0.6 is 0 Å². The van der Waals surface area contributed by atoms with Crippen LogP contribution in [0.3, 0.4) is 0 Å². The Bertz CT molecular complexity index is 1270. The molecule has 3 rings (SSSR count). The first-order valence-electron chi connectivity index (χ1n) is 11.6. The van der Waals surface area contributed by atoms with E-state index in [4.69, 9.17) is 9.47 Å². The standard InChI is InChI=1S/C26H27N3O8/c1-5-36-25(30)22-16(3)27(15-19-10-7-8-13-21(19)29(34)35)17(4)23(26(31)37-6-2)24(22)18-11-9-12-20(14-18)28(32)33/h7-14,24H,5-6,15H2,1-4H3. The summed E-state index contributed by atoms with van der Waals surface area (Å²) < 4.78 is 10.6. The van der Waals surface area contributed by atoms with Crippen molar-refractivity contribution in [3.8, 4) is 0 Å². The molecule has 0 saturated carbocycles. The van der Waals surface area contributed by atoms with Gasteiger partial charge < -0.3 is 14.4 Å². The van der Waals surface area contributed by atoms with Crippen LogP contribution < -0.4 is 0 Å². The van der Waals surface area contributed by atoms with Gasteiger partial charge in [-0.2, -0.15) is 0 Å². The van der Waals surface area contributed by atoms with Crippen LogP contribution in [0.25, 0.3) is 0 Å². The number of nitro benzene ring substituents is 2. The van der Waals surface area contributed by atoms with E-state index in [1.807, 2.05) is 0 Å². The number of non-ortho nitro benzene ring substituents is 1. The third kappa shape index (κ3) is 5.50. The number of benzene rings is 2. The van der Waals surface area contributed by atoms with Crippen LogP contribution in [0.15, 0.2) is 71.1 Å². The number of carbonyl (C=O) groups is 2. The van der Waals surface area contributed by atoms with E-state index in [-0.39, 0.29) is 42.3 Å². The minimum atomic E-state index is -1.01. The van der Waals surface area contributed by atoms with Gasteiger partial charge >= 0.3 is 11.9 Å². The van der Waals surface area contributed by atoms with Gasteiger partial charge in [-0.25, -0.2) is 9.59 Å². The van der Waals surface area contributed by atoms with E-state index >= 15 is 0 Å². The van der Waals surface area contributed by atoms with Crippen LogP contribution in [0.1, 0.15) is 44.7 Å². The third-order valence-corrected chi connectivity index (χ3v) is 6.09. The number of para-hydroxylation sites is 1. The van der Waals surface area contributed by atoms with Crippen molar-refractivity contribution >= 4 is 23.3 Å². The van der Waals surface area contributed by atoms with E-state index in [1.54, 1.807) is 56.9 Å². The molecule has 1 heterocycles. The van der Waals surface area contributed by atoms with E-state index in [1.165, 1.54) is 24.3 Å². The number of allylic oxidation sites excluding steroid dienone is 2. The fourth-order valence-corrected chi connectivity index (χ4v) is 4.43. The molecule has 0 fully saturated rings. The van der Waals surface area contributed by atoms with Gasteiger partial charge in [-0.15, -0.1) is 0 Å². The van der Waals surface area contributed by atoms with E-state index in [9.17, 15) is 29.8 Å². The molecule has 0 bridgehead atoms. The lowest BCUT2D eigenvalue weighted by Gasteiger charge is -2.37. The molecular weight excluding hydrogens is 482 g/mol. The summed E-state index contributed by atoms with van der Waals surface area (Å²) in [6, 6.07) is 11.9. The lowest BCUT2D eigenvalue weighted by Crippen LogP contribution is -2.35. The predicted molar refractivity (Wildman–Crippen MR) is 133 cm³/mol. The normalized spacial score (nSPS) is 14.0. The van der Waals surface area contributed by atoms with E-state index in [0.29, 0.717) is 22.5 Å². The highest BCUT2D eigenvalue weighted by molar-refractivity contribution is 6.00. The molecule has 0 aliphatic carbocycles. The van der Waals surface area contributed by atoms with Crippen molar-refractivity contribution in [3.05, 3.63) is 102 Å². The summed E-state index contributed by atoms with van der Waals surface area (Å²) in [6.07, 6.45) is 0. The molecule has 0 saturated heterocycles. The summed E-state index contributed by atoms with van der Waals surface area (Å²) in [5.74, 6) is -2.43. The number of hydrogen-bond donors (Lipinski definition) is 0. The Morgan fingerprint density at radius 2 is 1.43 bits per heavy atom. The lowest BCUT2D eigenvalue weighted by molar-refractivity contribution is -0.385. The van der Waals surface area contributed by atoms with Crippen molar-refractivity contribution in [1.29, 1.82) is 0 Å². The highest BCUT2D eigenvalue weighted by atomic mass is 16.6. The van der Waals surface area contributed by atoms with Crippen molar-refractivity contribution < 1.29 is 28.9 Å². The van der Waals surface area contributed by atoms with Crippen molar-refractivity contribution in [2.24, 2.45) is 0 Å². The maximum atomic E-state index is 13.3. The highest BCUT2D eigenvalue weighted by Crippen LogP contribution is 2.44. The average molecular weight is 510 g/mol. The molecule has 11 heteroatoms. The van der Waals surface area contributed by atoms with Crippen LogP contribution in [0.4, 0.5) is 11.4 Å². The largest absolute Gasteiger partial charge is 0.463 e. The molecular formula is C26H27N3O8. The average Bonchev–Trinajstić information content (AvgIpc) is 2.86.